The molecule has 1 aliphatic rings. The Morgan fingerprint density at radius 2 is 1.18 bits per heavy atom. The third kappa shape index (κ3) is 5.65. The zero-order valence-corrected chi connectivity index (χ0v) is 29.4. The van der Waals surface area contributed by atoms with E-state index in [2.05, 4.69) is 183 Å². The number of anilines is 4. The van der Waals surface area contributed by atoms with Crippen molar-refractivity contribution in [1.82, 2.24) is 9.55 Å². The topological polar surface area (TPSA) is 24.3 Å². The van der Waals surface area contributed by atoms with Crippen LogP contribution in [0, 0.1) is 0 Å². The van der Waals surface area contributed by atoms with Gasteiger partial charge in [0.05, 0.1) is 22.4 Å². The average Bonchev–Trinajstić information content (AvgIpc) is 3.64. The molecular formula is C45H44N4. The minimum atomic E-state index is 0.00321. The third-order valence-electron chi connectivity index (χ3n) is 9.96. The van der Waals surface area contributed by atoms with Gasteiger partial charge in [0.25, 0.3) is 0 Å². The van der Waals surface area contributed by atoms with Crippen LogP contribution in [0.1, 0.15) is 63.8 Å². The number of rotatable bonds is 5. The third-order valence-corrected chi connectivity index (χ3v) is 9.96. The van der Waals surface area contributed by atoms with E-state index in [-0.39, 0.29) is 10.8 Å². The summed E-state index contributed by atoms with van der Waals surface area (Å²) in [6, 6.07) is 46.8. The highest BCUT2D eigenvalue weighted by Gasteiger charge is 2.29. The minimum Gasteiger partial charge on any atom is -0.321 e. The summed E-state index contributed by atoms with van der Waals surface area (Å²) in [5, 5.41) is 2.50. The summed E-state index contributed by atoms with van der Waals surface area (Å²) in [5.41, 5.74) is 12.5. The molecule has 7 aromatic rings. The van der Waals surface area contributed by atoms with E-state index in [1.165, 1.54) is 66.8 Å². The zero-order chi connectivity index (χ0) is 33.9. The first-order valence-electron chi connectivity index (χ1n) is 17.4. The van der Waals surface area contributed by atoms with E-state index in [1.54, 1.807) is 0 Å². The Bertz CT molecular complexity index is 2320. The van der Waals surface area contributed by atoms with Crippen LogP contribution in [0.3, 0.4) is 0 Å². The molecule has 4 nitrogen and oxygen atoms in total. The van der Waals surface area contributed by atoms with E-state index >= 15 is 0 Å². The zero-order valence-electron chi connectivity index (χ0n) is 29.4. The Kier molecular flexibility index (Phi) is 7.37. The molecule has 0 amide bonds. The molecule has 0 atom stereocenters. The molecule has 5 aromatic carbocycles. The number of aromatic nitrogens is 2. The lowest BCUT2D eigenvalue weighted by molar-refractivity contribution is 0.588. The van der Waals surface area contributed by atoms with Crippen molar-refractivity contribution in [2.24, 2.45) is 0 Å². The van der Waals surface area contributed by atoms with Crippen molar-refractivity contribution in [3.05, 3.63) is 156 Å². The second kappa shape index (κ2) is 11.7. The van der Waals surface area contributed by atoms with Crippen LogP contribution in [0.25, 0.3) is 27.6 Å². The van der Waals surface area contributed by atoms with Crippen molar-refractivity contribution in [2.75, 3.05) is 16.5 Å². The molecule has 4 heteroatoms. The van der Waals surface area contributed by atoms with Crippen LogP contribution in [0.5, 0.6) is 0 Å². The van der Waals surface area contributed by atoms with Gasteiger partial charge in [-0.25, -0.2) is 4.98 Å². The van der Waals surface area contributed by atoms with E-state index in [1.807, 2.05) is 6.20 Å². The van der Waals surface area contributed by atoms with Gasteiger partial charge in [-0.2, -0.15) is 0 Å². The van der Waals surface area contributed by atoms with E-state index in [9.17, 15) is 0 Å². The van der Waals surface area contributed by atoms with Crippen LogP contribution in [-0.4, -0.2) is 16.2 Å². The van der Waals surface area contributed by atoms with Gasteiger partial charge < -0.3 is 9.80 Å². The highest BCUT2D eigenvalue weighted by Crippen LogP contribution is 2.45. The molecule has 244 valence electrons. The fourth-order valence-electron chi connectivity index (χ4n) is 7.24. The summed E-state index contributed by atoms with van der Waals surface area (Å²) in [7, 11) is 0. The normalized spacial score (nSPS) is 13.4. The van der Waals surface area contributed by atoms with Gasteiger partial charge in [0.1, 0.15) is 12.5 Å². The number of para-hydroxylation sites is 4. The van der Waals surface area contributed by atoms with E-state index < -0.39 is 0 Å². The van der Waals surface area contributed by atoms with Crippen molar-refractivity contribution >= 4 is 44.6 Å². The van der Waals surface area contributed by atoms with Gasteiger partial charge >= 0.3 is 0 Å². The number of benzene rings is 5. The lowest BCUT2D eigenvalue weighted by atomic mass is 9.85. The highest BCUT2D eigenvalue weighted by atomic mass is 15.4. The highest BCUT2D eigenvalue weighted by molar-refractivity contribution is 6.09. The molecule has 0 bridgehead atoms. The second-order valence-corrected chi connectivity index (χ2v) is 15.5. The van der Waals surface area contributed by atoms with Crippen LogP contribution < -0.4 is 9.80 Å². The van der Waals surface area contributed by atoms with Crippen LogP contribution in [0.4, 0.5) is 22.7 Å². The number of hydrogen-bond donors (Lipinski definition) is 0. The second-order valence-electron chi connectivity index (χ2n) is 15.5. The van der Waals surface area contributed by atoms with Crippen LogP contribution >= 0.6 is 0 Å². The van der Waals surface area contributed by atoms with Gasteiger partial charge in [-0.3, -0.25) is 4.57 Å². The van der Waals surface area contributed by atoms with Crippen LogP contribution in [-0.2, 0) is 17.3 Å². The first kappa shape index (κ1) is 31.0. The molecule has 0 unspecified atom stereocenters. The Labute approximate surface area is 290 Å². The quantitative estimate of drug-likeness (QED) is 0.187. The number of pyridine rings is 1. The van der Waals surface area contributed by atoms with Gasteiger partial charge in [-0.05, 0) is 100 Å². The summed E-state index contributed by atoms with van der Waals surface area (Å²) in [6.45, 7) is 14.5. The predicted octanol–water partition coefficient (Wildman–Crippen LogP) is 11.6. The maximum Gasteiger partial charge on any atom is 0.137 e. The predicted molar refractivity (Wildman–Crippen MR) is 207 cm³/mol. The molecule has 0 aliphatic carbocycles. The fourth-order valence-corrected chi connectivity index (χ4v) is 7.24. The van der Waals surface area contributed by atoms with Crippen molar-refractivity contribution in [3.63, 3.8) is 0 Å². The average molecular weight is 641 g/mol. The standard InChI is InChI=1S/C45H44N4/c1-44(2,3)33-22-23-46-43(29-33)49-39-17-11-10-16-37(39)38-21-20-31(27-42(38)49)24-32-25-34(45(4,5)6)28-36(26-32)48-30-47(35-14-8-7-9-15-35)40-18-12-13-19-41(40)48/h7-23,25-29H,24,30H2,1-6H3. The lowest BCUT2D eigenvalue weighted by Gasteiger charge is -2.26. The summed E-state index contributed by atoms with van der Waals surface area (Å²) in [5.74, 6) is 0.962. The van der Waals surface area contributed by atoms with Crippen molar-refractivity contribution in [1.29, 1.82) is 0 Å². The molecule has 0 saturated carbocycles. The molecule has 8 rings (SSSR count). The van der Waals surface area contributed by atoms with Crippen molar-refractivity contribution in [3.8, 4) is 5.82 Å². The molecule has 1 aliphatic heterocycles. The first-order chi connectivity index (χ1) is 23.5. The SMILES string of the molecule is CC(C)(C)c1cc(Cc2ccc3c4ccccc4n(-c4cc(C(C)(C)C)ccn4)c3c2)cc(N2CN(c3ccccc3)c3ccccc32)c1. The van der Waals surface area contributed by atoms with E-state index in [0.29, 0.717) is 0 Å². The number of hydrogen-bond acceptors (Lipinski definition) is 3. The molecule has 0 radical (unpaired) electrons. The minimum absolute atomic E-state index is 0.00321. The molecule has 0 saturated heterocycles. The van der Waals surface area contributed by atoms with Gasteiger partial charge in [-0.1, -0.05) is 108 Å². The Balaban J connectivity index is 1.23. The van der Waals surface area contributed by atoms with Gasteiger partial charge in [0.2, 0.25) is 0 Å². The Hall–Kier alpha value is -5.35. The molecule has 0 N–H and O–H groups in total. The van der Waals surface area contributed by atoms with E-state index in [0.717, 1.165) is 18.9 Å². The van der Waals surface area contributed by atoms with Gasteiger partial charge in [0.15, 0.2) is 0 Å². The van der Waals surface area contributed by atoms with Crippen molar-refractivity contribution < 1.29 is 0 Å². The Morgan fingerprint density at radius 3 is 1.92 bits per heavy atom. The maximum absolute atomic E-state index is 4.90. The first-order valence-corrected chi connectivity index (χ1v) is 17.4. The number of nitrogens with zero attached hydrogens (tertiary/aromatic N) is 4. The summed E-state index contributed by atoms with van der Waals surface area (Å²) in [6.07, 6.45) is 2.79. The molecular weight excluding hydrogens is 597 g/mol. The summed E-state index contributed by atoms with van der Waals surface area (Å²) >= 11 is 0. The van der Waals surface area contributed by atoms with E-state index in [4.69, 9.17) is 4.98 Å². The molecule has 3 heterocycles. The molecule has 0 fully saturated rings. The molecule has 0 spiro atoms. The lowest BCUT2D eigenvalue weighted by Crippen LogP contribution is -2.24. The smallest absolute Gasteiger partial charge is 0.137 e. The molecule has 49 heavy (non-hydrogen) atoms. The monoisotopic (exact) mass is 640 g/mol. The largest absolute Gasteiger partial charge is 0.321 e. The van der Waals surface area contributed by atoms with Gasteiger partial charge in [-0.15, -0.1) is 0 Å². The number of fused-ring (bicyclic) bond motifs is 4. The fraction of sp³-hybridized carbons (Fsp3) is 0.222. The van der Waals surface area contributed by atoms with Gasteiger partial charge in [0, 0.05) is 28.3 Å². The summed E-state index contributed by atoms with van der Waals surface area (Å²) < 4.78 is 2.35. The maximum atomic E-state index is 4.90. The van der Waals surface area contributed by atoms with Crippen molar-refractivity contribution in [2.45, 2.75) is 58.8 Å². The summed E-state index contributed by atoms with van der Waals surface area (Å²) in [4.78, 5) is 9.78. The Morgan fingerprint density at radius 1 is 0.531 bits per heavy atom. The van der Waals surface area contributed by atoms with Crippen LogP contribution in [0.2, 0.25) is 0 Å². The van der Waals surface area contributed by atoms with Crippen LogP contribution in [0.15, 0.2) is 134 Å². The molecule has 2 aromatic heterocycles.